The summed E-state index contributed by atoms with van der Waals surface area (Å²) in [6.07, 6.45) is 10.0. The molecule has 0 aromatic carbocycles. The van der Waals surface area contributed by atoms with Gasteiger partial charge in [0, 0.05) is 26.2 Å². The van der Waals surface area contributed by atoms with Gasteiger partial charge in [-0.15, -0.1) is 12.4 Å². The van der Waals surface area contributed by atoms with Crippen molar-refractivity contribution in [3.63, 3.8) is 0 Å². The van der Waals surface area contributed by atoms with Gasteiger partial charge in [0.05, 0.1) is 11.5 Å². The number of carbonyl (C=O) groups excluding carboxylic acids is 1. The maximum absolute atomic E-state index is 13.2. The van der Waals surface area contributed by atoms with E-state index in [2.05, 4.69) is 10.2 Å². The lowest BCUT2D eigenvalue weighted by atomic mass is 9.67. The summed E-state index contributed by atoms with van der Waals surface area (Å²) in [5.74, 6) is 1.87. The minimum atomic E-state index is -0.0695. The first-order valence-corrected chi connectivity index (χ1v) is 9.40. The largest absolute Gasteiger partial charge is 0.378 e. The molecule has 0 radical (unpaired) electrons. The van der Waals surface area contributed by atoms with Gasteiger partial charge in [0.15, 0.2) is 0 Å². The van der Waals surface area contributed by atoms with Crippen LogP contribution in [0.5, 0.6) is 0 Å². The monoisotopic (exact) mass is 342 g/mol. The number of amides is 1. The van der Waals surface area contributed by atoms with Crippen molar-refractivity contribution < 1.29 is 9.53 Å². The van der Waals surface area contributed by atoms with Gasteiger partial charge in [0.1, 0.15) is 0 Å². The molecule has 5 heteroatoms. The molecule has 132 valence electrons. The van der Waals surface area contributed by atoms with E-state index in [1.165, 1.54) is 32.1 Å². The van der Waals surface area contributed by atoms with Crippen molar-refractivity contribution in [1.82, 2.24) is 10.2 Å². The second-order valence-corrected chi connectivity index (χ2v) is 8.00. The van der Waals surface area contributed by atoms with E-state index in [-0.39, 0.29) is 17.8 Å². The predicted octanol–water partition coefficient (Wildman–Crippen LogP) is 2.61. The van der Waals surface area contributed by atoms with Crippen LogP contribution < -0.4 is 5.32 Å². The summed E-state index contributed by atoms with van der Waals surface area (Å²) in [4.78, 5) is 15.3. The van der Waals surface area contributed by atoms with Gasteiger partial charge in [0.25, 0.3) is 0 Å². The fraction of sp³-hybridized carbons (Fsp3) is 0.944. The van der Waals surface area contributed by atoms with Crippen molar-refractivity contribution in [3.8, 4) is 0 Å². The number of hydrogen-bond acceptors (Lipinski definition) is 3. The molecule has 2 saturated carbocycles. The molecule has 0 spiro atoms. The molecule has 2 aliphatic heterocycles. The number of fused-ring (bicyclic) bond motifs is 1. The van der Waals surface area contributed by atoms with Crippen LogP contribution in [0.25, 0.3) is 0 Å². The smallest absolute Gasteiger partial charge is 0.230 e. The summed E-state index contributed by atoms with van der Waals surface area (Å²) in [5, 5.41) is 3.50. The van der Waals surface area contributed by atoms with E-state index >= 15 is 0 Å². The molecule has 2 saturated heterocycles. The third-order valence-corrected chi connectivity index (χ3v) is 6.46. The van der Waals surface area contributed by atoms with Crippen LogP contribution in [0.1, 0.15) is 51.4 Å². The molecule has 23 heavy (non-hydrogen) atoms. The summed E-state index contributed by atoms with van der Waals surface area (Å²) in [6.45, 7) is 4.72. The number of ether oxygens (including phenoxy) is 1. The molecule has 0 aromatic rings. The average molecular weight is 343 g/mol. The topological polar surface area (TPSA) is 41.6 Å². The Morgan fingerprint density at radius 2 is 1.91 bits per heavy atom. The Morgan fingerprint density at radius 1 is 1.13 bits per heavy atom. The Balaban J connectivity index is 0.00000156. The normalized spacial score (nSPS) is 34.8. The third kappa shape index (κ3) is 3.54. The molecule has 4 rings (SSSR count). The maximum atomic E-state index is 13.2. The quantitative estimate of drug-likeness (QED) is 0.853. The predicted molar refractivity (Wildman–Crippen MR) is 92.8 cm³/mol. The van der Waals surface area contributed by atoms with Crippen LogP contribution in [0, 0.1) is 17.3 Å². The standard InChI is InChI=1S/C18H30N2O2.ClH/c21-17(18-8-2-1-3-15(18)11-19-13-18)20-9-6-16(7-10-20)22-12-14-4-5-14;/h14-16,19H,1-13H2;1H/t15-,18+;/m0./s1. The second-order valence-electron chi connectivity index (χ2n) is 8.00. The molecule has 2 atom stereocenters. The molecule has 4 nitrogen and oxygen atoms in total. The Bertz CT molecular complexity index is 421. The molecule has 0 bridgehead atoms. The summed E-state index contributed by atoms with van der Waals surface area (Å²) in [7, 11) is 0. The number of carbonyl (C=O) groups is 1. The van der Waals surface area contributed by atoms with Gasteiger partial charge in [-0.25, -0.2) is 0 Å². The van der Waals surface area contributed by atoms with Crippen LogP contribution in [0.2, 0.25) is 0 Å². The Hall–Kier alpha value is -0.320. The highest BCUT2D eigenvalue weighted by Gasteiger charge is 2.51. The van der Waals surface area contributed by atoms with E-state index < -0.39 is 0 Å². The first-order valence-electron chi connectivity index (χ1n) is 9.40. The van der Waals surface area contributed by atoms with Crippen LogP contribution >= 0.6 is 12.4 Å². The average Bonchev–Trinajstić information content (AvgIpc) is 3.29. The number of nitrogens with one attached hydrogen (secondary N) is 1. The molecule has 0 aromatic heterocycles. The van der Waals surface area contributed by atoms with Crippen LogP contribution in [0.3, 0.4) is 0 Å². The fourth-order valence-corrected chi connectivity index (χ4v) is 4.77. The van der Waals surface area contributed by atoms with Gasteiger partial charge in [-0.2, -0.15) is 0 Å². The highest BCUT2D eigenvalue weighted by atomic mass is 35.5. The van der Waals surface area contributed by atoms with E-state index in [0.29, 0.717) is 17.9 Å². The van der Waals surface area contributed by atoms with Gasteiger partial charge in [-0.1, -0.05) is 12.8 Å². The molecule has 4 aliphatic rings. The fourth-order valence-electron chi connectivity index (χ4n) is 4.77. The number of rotatable bonds is 4. The zero-order valence-corrected chi connectivity index (χ0v) is 14.9. The van der Waals surface area contributed by atoms with E-state index in [4.69, 9.17) is 4.74 Å². The summed E-state index contributed by atoms with van der Waals surface area (Å²) in [6, 6.07) is 0. The lowest BCUT2D eigenvalue weighted by Crippen LogP contribution is -2.52. The molecule has 1 amide bonds. The van der Waals surface area contributed by atoms with Crippen molar-refractivity contribution in [1.29, 1.82) is 0 Å². The Kier molecular flexibility index (Phi) is 5.54. The zero-order chi connectivity index (χ0) is 15.0. The number of nitrogens with zero attached hydrogens (tertiary/aromatic N) is 1. The number of likely N-dealkylation sites (tertiary alicyclic amines) is 1. The van der Waals surface area contributed by atoms with E-state index in [0.717, 1.165) is 58.0 Å². The summed E-state index contributed by atoms with van der Waals surface area (Å²) < 4.78 is 6.02. The van der Waals surface area contributed by atoms with Crippen molar-refractivity contribution in [2.45, 2.75) is 57.5 Å². The van der Waals surface area contributed by atoms with Gasteiger partial charge >= 0.3 is 0 Å². The van der Waals surface area contributed by atoms with Gasteiger partial charge in [-0.3, -0.25) is 4.79 Å². The number of halogens is 1. The minimum Gasteiger partial charge on any atom is -0.378 e. The van der Waals surface area contributed by atoms with Crippen molar-refractivity contribution >= 4 is 18.3 Å². The maximum Gasteiger partial charge on any atom is 0.230 e. The highest BCUT2D eigenvalue weighted by molar-refractivity contribution is 5.85. The van der Waals surface area contributed by atoms with Crippen LogP contribution in [-0.2, 0) is 9.53 Å². The lowest BCUT2D eigenvalue weighted by molar-refractivity contribution is -0.148. The molecule has 4 fully saturated rings. The van der Waals surface area contributed by atoms with Crippen molar-refractivity contribution in [2.75, 3.05) is 32.8 Å². The van der Waals surface area contributed by atoms with Crippen LogP contribution in [-0.4, -0.2) is 49.7 Å². The first-order chi connectivity index (χ1) is 10.8. The molecular formula is C18H31ClN2O2. The first kappa shape index (κ1) is 17.5. The van der Waals surface area contributed by atoms with Crippen LogP contribution in [0.4, 0.5) is 0 Å². The molecular weight excluding hydrogens is 312 g/mol. The van der Waals surface area contributed by atoms with E-state index in [1.807, 2.05) is 0 Å². The molecule has 2 heterocycles. The van der Waals surface area contributed by atoms with Gasteiger partial charge < -0.3 is 15.0 Å². The third-order valence-electron chi connectivity index (χ3n) is 6.46. The minimum absolute atomic E-state index is 0. The van der Waals surface area contributed by atoms with Gasteiger partial charge in [0.2, 0.25) is 5.91 Å². The molecule has 0 unspecified atom stereocenters. The van der Waals surface area contributed by atoms with Crippen LogP contribution in [0.15, 0.2) is 0 Å². The molecule has 1 N–H and O–H groups in total. The number of piperidine rings is 1. The lowest BCUT2D eigenvalue weighted by Gasteiger charge is -2.43. The van der Waals surface area contributed by atoms with Gasteiger partial charge in [-0.05, 0) is 56.9 Å². The zero-order valence-electron chi connectivity index (χ0n) is 14.1. The summed E-state index contributed by atoms with van der Waals surface area (Å²) in [5.41, 5.74) is -0.0695. The Labute approximate surface area is 146 Å². The second kappa shape index (κ2) is 7.28. The van der Waals surface area contributed by atoms with Crippen molar-refractivity contribution in [3.05, 3.63) is 0 Å². The van der Waals surface area contributed by atoms with Crippen molar-refractivity contribution in [2.24, 2.45) is 17.3 Å². The summed E-state index contributed by atoms with van der Waals surface area (Å²) >= 11 is 0. The highest BCUT2D eigenvalue weighted by Crippen LogP contribution is 2.45. The van der Waals surface area contributed by atoms with E-state index in [9.17, 15) is 4.79 Å². The number of hydrogen-bond donors (Lipinski definition) is 1. The SMILES string of the molecule is Cl.O=C(N1CCC(OCC2CC2)CC1)[C@@]12CCCC[C@H]1CNC2. The molecule has 2 aliphatic carbocycles. The Morgan fingerprint density at radius 3 is 2.65 bits per heavy atom. The van der Waals surface area contributed by atoms with E-state index in [1.54, 1.807) is 0 Å².